The van der Waals surface area contributed by atoms with Gasteiger partial charge in [-0.2, -0.15) is 0 Å². The molecule has 0 atom stereocenters. The minimum atomic E-state index is -1.80. The van der Waals surface area contributed by atoms with E-state index in [0.29, 0.717) is 0 Å². The Morgan fingerprint density at radius 1 is 1.35 bits per heavy atom. The number of allylic oxidation sites excluding steroid dienone is 1. The second kappa shape index (κ2) is 6.07. The fraction of sp³-hybridized carbons (Fsp3) is 0.750. The number of hydroxylamine groups is 2. The van der Waals surface area contributed by atoms with Gasteiger partial charge in [0.25, 0.3) is 0 Å². The maximum atomic E-state index is 6.14. The van der Waals surface area contributed by atoms with Crippen molar-refractivity contribution in [3.05, 3.63) is 12.3 Å². The van der Waals surface area contributed by atoms with Crippen molar-refractivity contribution in [3.63, 3.8) is 0 Å². The highest BCUT2D eigenvalue weighted by Gasteiger charge is 2.39. The van der Waals surface area contributed by atoms with Crippen LogP contribution in [0.5, 0.6) is 0 Å². The average Bonchev–Trinajstić information content (AvgIpc) is 2.10. The summed E-state index contributed by atoms with van der Waals surface area (Å²) in [5.41, 5.74) is 0.792. The van der Waals surface area contributed by atoms with E-state index in [1.54, 1.807) is 16.8 Å². The Balaban J connectivity index is 4.85. The number of hydrogen-bond donors (Lipinski definition) is 0. The van der Waals surface area contributed by atoms with Crippen LogP contribution >= 0.6 is 11.8 Å². The lowest BCUT2D eigenvalue weighted by Crippen LogP contribution is -2.46. The van der Waals surface area contributed by atoms with Crippen molar-refractivity contribution < 1.29 is 4.53 Å². The number of thioether (sulfide) groups is 1. The zero-order valence-corrected chi connectivity index (χ0v) is 14.2. The van der Waals surface area contributed by atoms with Crippen molar-refractivity contribution in [2.75, 3.05) is 13.3 Å². The maximum absolute atomic E-state index is 6.14. The topological polar surface area (TPSA) is 24.8 Å². The molecule has 0 aromatic heterocycles. The summed E-state index contributed by atoms with van der Waals surface area (Å²) < 4.78 is 6.14. The van der Waals surface area contributed by atoms with E-state index in [1.165, 1.54) is 0 Å². The predicted octanol–water partition coefficient (Wildman–Crippen LogP) is 4.11. The van der Waals surface area contributed by atoms with Gasteiger partial charge in [-0.15, -0.1) is 0 Å². The van der Waals surface area contributed by atoms with Gasteiger partial charge < -0.3 is 4.53 Å². The molecule has 3 nitrogen and oxygen atoms in total. The van der Waals surface area contributed by atoms with Gasteiger partial charge in [-0.1, -0.05) is 39.1 Å². The summed E-state index contributed by atoms with van der Waals surface area (Å²) in [5.74, 6) is 0. The van der Waals surface area contributed by atoms with E-state index in [1.807, 2.05) is 20.2 Å². The predicted molar refractivity (Wildman–Crippen MR) is 81.8 cm³/mol. The highest BCUT2D eigenvalue weighted by Crippen LogP contribution is 2.37. The summed E-state index contributed by atoms with van der Waals surface area (Å²) in [6.07, 6.45) is 1.99. The maximum Gasteiger partial charge on any atom is 0.228 e. The molecule has 0 aromatic carbocycles. The van der Waals surface area contributed by atoms with Crippen molar-refractivity contribution in [1.82, 2.24) is 5.06 Å². The van der Waals surface area contributed by atoms with Crippen LogP contribution in [0.1, 0.15) is 27.7 Å². The standard InChI is InChI=1S/C12H26N2OSSi/c1-10(2)13-11(16-7)14(6)15-17(8,9)12(3,4)5/h1H2,2-9H3. The van der Waals surface area contributed by atoms with Crippen molar-refractivity contribution in [2.24, 2.45) is 4.99 Å². The monoisotopic (exact) mass is 274 g/mol. The van der Waals surface area contributed by atoms with E-state index in [-0.39, 0.29) is 5.04 Å². The number of amidine groups is 1. The van der Waals surface area contributed by atoms with Gasteiger partial charge in [0.2, 0.25) is 8.32 Å². The molecule has 0 aliphatic carbocycles. The first-order chi connectivity index (χ1) is 7.51. The van der Waals surface area contributed by atoms with Crippen molar-refractivity contribution in [1.29, 1.82) is 0 Å². The van der Waals surface area contributed by atoms with Crippen LogP contribution in [0.4, 0.5) is 0 Å². The van der Waals surface area contributed by atoms with E-state index in [9.17, 15) is 0 Å². The Morgan fingerprint density at radius 3 is 2.12 bits per heavy atom. The summed E-state index contributed by atoms with van der Waals surface area (Å²) in [4.78, 5) is 4.37. The van der Waals surface area contributed by atoms with Crippen molar-refractivity contribution in [2.45, 2.75) is 45.8 Å². The van der Waals surface area contributed by atoms with Gasteiger partial charge in [0.1, 0.15) is 0 Å². The highest BCUT2D eigenvalue weighted by molar-refractivity contribution is 8.13. The molecule has 0 spiro atoms. The molecule has 0 aliphatic rings. The van der Waals surface area contributed by atoms with Crippen LogP contribution in [0.15, 0.2) is 17.3 Å². The second-order valence-corrected chi connectivity index (χ2v) is 11.2. The molecule has 0 rings (SSSR count). The molecule has 0 amide bonds. The molecule has 0 saturated carbocycles. The Morgan fingerprint density at radius 2 is 1.82 bits per heavy atom. The molecule has 0 fully saturated rings. The molecule has 17 heavy (non-hydrogen) atoms. The van der Waals surface area contributed by atoms with Gasteiger partial charge in [-0.25, -0.2) is 10.1 Å². The Bertz CT molecular complexity index is 308. The molecule has 0 bridgehead atoms. The first-order valence-corrected chi connectivity index (χ1v) is 9.85. The Kier molecular flexibility index (Phi) is 5.97. The molecule has 0 aromatic rings. The first-order valence-electron chi connectivity index (χ1n) is 5.72. The van der Waals surface area contributed by atoms with Crippen molar-refractivity contribution in [3.8, 4) is 0 Å². The largest absolute Gasteiger partial charge is 0.318 e. The molecule has 5 heteroatoms. The van der Waals surface area contributed by atoms with Gasteiger partial charge in [-0.05, 0) is 31.3 Å². The molecule has 0 aliphatic heterocycles. The van der Waals surface area contributed by atoms with Gasteiger partial charge in [-0.3, -0.25) is 0 Å². The quantitative estimate of drug-likeness (QED) is 0.335. The average molecular weight is 275 g/mol. The molecule has 0 N–H and O–H groups in total. The number of nitrogens with zero attached hydrogens (tertiary/aromatic N) is 2. The van der Waals surface area contributed by atoms with Crippen LogP contribution in [0, 0.1) is 0 Å². The van der Waals surface area contributed by atoms with Crippen LogP contribution in [-0.2, 0) is 4.53 Å². The summed E-state index contributed by atoms with van der Waals surface area (Å²) in [6, 6.07) is 0. The fourth-order valence-electron chi connectivity index (χ4n) is 0.926. The summed E-state index contributed by atoms with van der Waals surface area (Å²) in [6.45, 7) is 16.8. The third kappa shape index (κ3) is 5.27. The lowest BCUT2D eigenvalue weighted by Gasteiger charge is -2.38. The van der Waals surface area contributed by atoms with Gasteiger partial charge in [0.05, 0.1) is 0 Å². The Labute approximate surface area is 111 Å². The van der Waals surface area contributed by atoms with Gasteiger partial charge in [0, 0.05) is 12.7 Å². The zero-order chi connectivity index (χ0) is 13.9. The van der Waals surface area contributed by atoms with E-state index < -0.39 is 8.32 Å². The highest BCUT2D eigenvalue weighted by atomic mass is 32.2. The lowest BCUT2D eigenvalue weighted by atomic mass is 10.2. The zero-order valence-electron chi connectivity index (χ0n) is 12.4. The molecule has 100 valence electrons. The molecule has 0 heterocycles. The number of aliphatic imine (C=N–C) groups is 1. The number of rotatable bonds is 3. The first kappa shape index (κ1) is 16.7. The van der Waals surface area contributed by atoms with E-state index >= 15 is 0 Å². The van der Waals surface area contributed by atoms with Crippen LogP contribution < -0.4 is 0 Å². The van der Waals surface area contributed by atoms with Crippen LogP contribution in [-0.4, -0.2) is 31.9 Å². The van der Waals surface area contributed by atoms with E-state index in [4.69, 9.17) is 4.53 Å². The fourth-order valence-corrected chi connectivity index (χ4v) is 2.58. The molecule has 0 saturated heterocycles. The minimum Gasteiger partial charge on any atom is -0.318 e. The normalized spacial score (nSPS) is 13.8. The summed E-state index contributed by atoms with van der Waals surface area (Å²) in [7, 11) is 0.119. The molecule has 0 radical (unpaired) electrons. The Hall–Kier alpha value is -0.263. The van der Waals surface area contributed by atoms with Gasteiger partial charge >= 0.3 is 0 Å². The van der Waals surface area contributed by atoms with Gasteiger partial charge in [0.15, 0.2) is 5.17 Å². The second-order valence-electron chi connectivity index (χ2n) is 5.68. The summed E-state index contributed by atoms with van der Waals surface area (Å²) in [5, 5.41) is 2.83. The number of hydrogen-bond acceptors (Lipinski definition) is 3. The molecular formula is C12H26N2OSSi. The van der Waals surface area contributed by atoms with Crippen LogP contribution in [0.25, 0.3) is 0 Å². The van der Waals surface area contributed by atoms with Crippen LogP contribution in [0.3, 0.4) is 0 Å². The van der Waals surface area contributed by atoms with Crippen molar-refractivity contribution >= 4 is 25.2 Å². The molecular weight excluding hydrogens is 248 g/mol. The molecule has 0 unspecified atom stereocenters. The third-order valence-electron chi connectivity index (χ3n) is 2.91. The summed E-state index contributed by atoms with van der Waals surface area (Å²) >= 11 is 1.57. The third-order valence-corrected chi connectivity index (χ3v) is 7.97. The van der Waals surface area contributed by atoms with E-state index in [2.05, 4.69) is 45.4 Å². The minimum absolute atomic E-state index is 0.188. The SMILES string of the molecule is C=C(C)N=C(SC)N(C)O[Si](C)(C)C(C)(C)C. The smallest absolute Gasteiger partial charge is 0.228 e. The lowest BCUT2D eigenvalue weighted by molar-refractivity contribution is 0.0332. The van der Waals surface area contributed by atoms with E-state index in [0.717, 1.165) is 10.9 Å². The van der Waals surface area contributed by atoms with Crippen LogP contribution in [0.2, 0.25) is 18.1 Å².